The minimum Gasteiger partial charge on any atom is -0.486 e. The van der Waals surface area contributed by atoms with E-state index in [-0.39, 0.29) is 28.6 Å². The maximum Gasteiger partial charge on any atom is 0.338 e. The van der Waals surface area contributed by atoms with Crippen LogP contribution in [0.1, 0.15) is 22.1 Å². The minimum atomic E-state index is -3.85. The van der Waals surface area contributed by atoms with Crippen molar-refractivity contribution in [2.24, 2.45) is 0 Å². The normalized spacial score (nSPS) is 13.0. The summed E-state index contributed by atoms with van der Waals surface area (Å²) in [5, 5.41) is 7.38. The van der Waals surface area contributed by atoms with Gasteiger partial charge in [-0.15, -0.1) is 10.2 Å². The molecule has 1 aromatic heterocycles. The van der Waals surface area contributed by atoms with Crippen LogP contribution in [0.3, 0.4) is 0 Å². The fraction of sp³-hybridized carbons (Fsp3) is 0.211. The number of aryl methyl sites for hydroxylation is 1. The van der Waals surface area contributed by atoms with Crippen molar-refractivity contribution in [2.45, 2.75) is 18.4 Å². The van der Waals surface area contributed by atoms with Crippen LogP contribution < -0.4 is 14.2 Å². The monoisotopic (exact) mass is 431 g/mol. The van der Waals surface area contributed by atoms with Crippen LogP contribution in [0, 0.1) is 6.92 Å². The number of benzene rings is 2. The van der Waals surface area contributed by atoms with Gasteiger partial charge in [0.2, 0.25) is 5.89 Å². The number of ether oxygens (including phenoxy) is 3. The molecule has 2 heterocycles. The summed E-state index contributed by atoms with van der Waals surface area (Å²) in [7, 11) is -3.85. The Hall–Kier alpha value is -3.60. The summed E-state index contributed by atoms with van der Waals surface area (Å²) >= 11 is 0. The van der Waals surface area contributed by atoms with Gasteiger partial charge in [0, 0.05) is 18.7 Å². The highest BCUT2D eigenvalue weighted by Crippen LogP contribution is 2.32. The maximum atomic E-state index is 12.6. The third-order valence-corrected chi connectivity index (χ3v) is 5.47. The average molecular weight is 431 g/mol. The van der Waals surface area contributed by atoms with Gasteiger partial charge < -0.3 is 18.6 Å². The largest absolute Gasteiger partial charge is 0.486 e. The SMILES string of the molecule is Cc1nnc(COC(=O)c2ccc(NS(=O)(=O)c3ccc4c(c3)OCCO4)cc2)o1. The van der Waals surface area contributed by atoms with Gasteiger partial charge in [-0.25, -0.2) is 13.2 Å². The van der Waals surface area contributed by atoms with Gasteiger partial charge in [0.15, 0.2) is 18.1 Å². The third-order valence-electron chi connectivity index (χ3n) is 4.09. The van der Waals surface area contributed by atoms with Gasteiger partial charge in [-0.3, -0.25) is 4.72 Å². The predicted octanol–water partition coefficient (Wildman–Crippen LogP) is 2.31. The summed E-state index contributed by atoms with van der Waals surface area (Å²) < 4.78 is 48.8. The van der Waals surface area contributed by atoms with Crippen LogP contribution in [0.2, 0.25) is 0 Å². The first kappa shape index (κ1) is 19.7. The van der Waals surface area contributed by atoms with E-state index in [1.54, 1.807) is 13.0 Å². The molecule has 0 amide bonds. The van der Waals surface area contributed by atoms with Crippen molar-refractivity contribution in [3.05, 3.63) is 59.8 Å². The minimum absolute atomic E-state index is 0.0325. The van der Waals surface area contributed by atoms with E-state index in [0.29, 0.717) is 30.6 Å². The number of esters is 1. The smallest absolute Gasteiger partial charge is 0.338 e. The molecule has 11 heteroatoms. The average Bonchev–Trinajstić information content (AvgIpc) is 3.17. The third kappa shape index (κ3) is 4.35. The second kappa shape index (κ2) is 8.03. The Bertz CT molecular complexity index is 1170. The van der Waals surface area contributed by atoms with Crippen molar-refractivity contribution < 1.29 is 31.8 Å². The quantitative estimate of drug-likeness (QED) is 0.584. The highest BCUT2D eigenvalue weighted by molar-refractivity contribution is 7.92. The molecule has 10 nitrogen and oxygen atoms in total. The van der Waals surface area contributed by atoms with Crippen molar-refractivity contribution >= 4 is 21.7 Å². The van der Waals surface area contributed by atoms with Crippen LogP contribution in [-0.2, 0) is 21.4 Å². The summed E-state index contributed by atoms with van der Waals surface area (Å²) in [6.45, 7) is 2.25. The summed E-state index contributed by atoms with van der Waals surface area (Å²) in [6, 6.07) is 10.2. The Labute approximate surface area is 171 Å². The number of fused-ring (bicyclic) bond motifs is 1. The van der Waals surface area contributed by atoms with Crippen LogP contribution in [0.25, 0.3) is 0 Å². The van der Waals surface area contributed by atoms with Crippen molar-refractivity contribution in [3.63, 3.8) is 0 Å². The molecule has 1 N–H and O–H groups in total. The van der Waals surface area contributed by atoms with E-state index in [9.17, 15) is 13.2 Å². The molecule has 0 spiro atoms. The van der Waals surface area contributed by atoms with Crippen LogP contribution in [0.15, 0.2) is 51.8 Å². The van der Waals surface area contributed by atoms with E-state index in [4.69, 9.17) is 18.6 Å². The first-order valence-corrected chi connectivity index (χ1v) is 10.4. The Morgan fingerprint density at radius 3 is 2.50 bits per heavy atom. The number of carbonyl (C=O) groups is 1. The fourth-order valence-corrected chi connectivity index (χ4v) is 3.76. The van der Waals surface area contributed by atoms with Crippen molar-refractivity contribution in [1.29, 1.82) is 0 Å². The van der Waals surface area contributed by atoms with Gasteiger partial charge in [-0.05, 0) is 36.4 Å². The topological polar surface area (TPSA) is 130 Å². The Morgan fingerprint density at radius 1 is 1.07 bits per heavy atom. The Morgan fingerprint density at radius 2 is 1.80 bits per heavy atom. The molecule has 1 aliphatic heterocycles. The van der Waals surface area contributed by atoms with Crippen LogP contribution in [-0.4, -0.2) is 37.8 Å². The number of sulfonamides is 1. The van der Waals surface area contributed by atoms with Crippen molar-refractivity contribution in [1.82, 2.24) is 10.2 Å². The van der Waals surface area contributed by atoms with Gasteiger partial charge in [0.25, 0.3) is 15.9 Å². The van der Waals surface area contributed by atoms with Gasteiger partial charge in [0.1, 0.15) is 13.2 Å². The summed E-state index contributed by atoms with van der Waals surface area (Å²) in [5.41, 5.74) is 0.530. The van der Waals surface area contributed by atoms with Gasteiger partial charge >= 0.3 is 5.97 Å². The molecule has 0 bridgehead atoms. The molecule has 0 aliphatic carbocycles. The lowest BCUT2D eigenvalue weighted by Gasteiger charge is -2.19. The highest BCUT2D eigenvalue weighted by atomic mass is 32.2. The first-order valence-electron chi connectivity index (χ1n) is 8.89. The summed E-state index contributed by atoms with van der Waals surface area (Å²) in [6.07, 6.45) is 0. The number of nitrogens with zero attached hydrogens (tertiary/aromatic N) is 2. The molecule has 0 unspecified atom stereocenters. The number of carbonyl (C=O) groups excluding carboxylic acids is 1. The first-order chi connectivity index (χ1) is 14.4. The summed E-state index contributed by atoms with van der Waals surface area (Å²) in [5.74, 6) is 0.824. The molecule has 4 rings (SSSR count). The lowest BCUT2D eigenvalue weighted by molar-refractivity contribution is 0.0437. The van der Waals surface area contributed by atoms with Crippen LogP contribution in [0.4, 0.5) is 5.69 Å². The zero-order valence-electron chi connectivity index (χ0n) is 15.8. The number of hydrogen-bond acceptors (Lipinski definition) is 9. The lowest BCUT2D eigenvalue weighted by atomic mass is 10.2. The van der Waals surface area contributed by atoms with E-state index in [1.807, 2.05) is 0 Å². The maximum absolute atomic E-state index is 12.6. The molecule has 156 valence electrons. The lowest BCUT2D eigenvalue weighted by Crippen LogP contribution is -2.17. The van der Waals surface area contributed by atoms with E-state index in [1.165, 1.54) is 36.4 Å². The number of rotatable bonds is 6. The van der Waals surface area contributed by atoms with E-state index >= 15 is 0 Å². The van der Waals surface area contributed by atoms with Crippen LogP contribution in [0.5, 0.6) is 11.5 Å². The fourth-order valence-electron chi connectivity index (χ4n) is 2.69. The molecule has 30 heavy (non-hydrogen) atoms. The van der Waals surface area contributed by atoms with E-state index in [2.05, 4.69) is 14.9 Å². The van der Waals surface area contributed by atoms with E-state index in [0.717, 1.165) is 0 Å². The molecule has 0 saturated heterocycles. The molecule has 0 fully saturated rings. The molecule has 0 radical (unpaired) electrons. The van der Waals surface area contributed by atoms with Crippen molar-refractivity contribution in [3.8, 4) is 11.5 Å². The van der Waals surface area contributed by atoms with E-state index < -0.39 is 16.0 Å². The number of aromatic nitrogens is 2. The number of hydrogen-bond donors (Lipinski definition) is 1. The van der Waals surface area contributed by atoms with Gasteiger partial charge in [-0.2, -0.15) is 0 Å². The Kier molecular flexibility index (Phi) is 5.27. The van der Waals surface area contributed by atoms with Gasteiger partial charge in [0.05, 0.1) is 10.5 Å². The standard InChI is InChI=1S/C19H17N3O7S/c1-12-20-21-18(29-12)11-28-19(23)13-2-4-14(5-3-13)22-30(24,25)15-6-7-16-17(10-15)27-9-8-26-16/h2-7,10,22H,8-9,11H2,1H3. The molecular formula is C19H17N3O7S. The molecular weight excluding hydrogens is 414 g/mol. The zero-order valence-corrected chi connectivity index (χ0v) is 16.6. The van der Waals surface area contributed by atoms with Crippen molar-refractivity contribution in [2.75, 3.05) is 17.9 Å². The molecule has 2 aromatic carbocycles. The zero-order chi connectivity index (χ0) is 21.1. The second-order valence-corrected chi connectivity index (χ2v) is 7.96. The molecule has 1 aliphatic rings. The van der Waals surface area contributed by atoms with Crippen LogP contribution >= 0.6 is 0 Å². The second-order valence-electron chi connectivity index (χ2n) is 6.28. The molecule has 0 atom stereocenters. The Balaban J connectivity index is 1.41. The molecule has 3 aromatic rings. The molecule has 0 saturated carbocycles. The number of nitrogens with one attached hydrogen (secondary N) is 1. The number of anilines is 1. The predicted molar refractivity (Wildman–Crippen MR) is 103 cm³/mol. The highest BCUT2D eigenvalue weighted by Gasteiger charge is 2.20. The summed E-state index contributed by atoms with van der Waals surface area (Å²) in [4.78, 5) is 12.1. The van der Waals surface area contributed by atoms with Gasteiger partial charge in [-0.1, -0.05) is 0 Å².